The second-order valence-electron chi connectivity index (χ2n) is 9.08. The molecular weight excluding hydrogens is 472 g/mol. The van der Waals surface area contributed by atoms with Crippen LogP contribution in [-0.4, -0.2) is 49.6 Å². The van der Waals surface area contributed by atoms with Crippen molar-refractivity contribution in [1.29, 1.82) is 0 Å². The predicted molar refractivity (Wildman–Crippen MR) is 140 cm³/mol. The number of hydrogen-bond donors (Lipinski definition) is 1. The highest BCUT2D eigenvalue weighted by Gasteiger charge is 2.40. The minimum atomic E-state index is -0.517. The Morgan fingerprint density at radius 1 is 1.03 bits per heavy atom. The van der Waals surface area contributed by atoms with Crippen molar-refractivity contribution < 1.29 is 28.6 Å². The highest BCUT2D eigenvalue weighted by Crippen LogP contribution is 2.37. The second-order valence-corrected chi connectivity index (χ2v) is 9.08. The second kappa shape index (κ2) is 11.8. The summed E-state index contributed by atoms with van der Waals surface area (Å²) >= 11 is 0. The molecule has 2 aromatic carbocycles. The standard InChI is InChI=1S/C29H32N2O6/c1-19-27(29(34)36-3)23(28(33)31(19)21-9-5-4-6-10-21)17-20-13-15-22(16-14-20)37-18-26(32)30-24-11-7-8-12-25(24)35-2/h7-8,11-17,21H,4-6,9-10,18H2,1-3H3,(H,30,32)/b23-17-. The Labute approximate surface area is 216 Å². The van der Waals surface area contributed by atoms with Crippen LogP contribution in [0.2, 0.25) is 0 Å². The molecule has 0 radical (unpaired) electrons. The highest BCUT2D eigenvalue weighted by molar-refractivity contribution is 6.16. The minimum absolute atomic E-state index is 0.101. The van der Waals surface area contributed by atoms with E-state index in [1.165, 1.54) is 20.6 Å². The van der Waals surface area contributed by atoms with Crippen LogP contribution in [0.3, 0.4) is 0 Å². The number of carbonyl (C=O) groups excluding carboxylic acids is 3. The zero-order valence-electron chi connectivity index (χ0n) is 21.4. The molecule has 8 heteroatoms. The van der Waals surface area contributed by atoms with E-state index in [2.05, 4.69) is 5.32 Å². The number of rotatable bonds is 8. The Kier molecular flexibility index (Phi) is 8.28. The van der Waals surface area contributed by atoms with E-state index in [9.17, 15) is 14.4 Å². The fourth-order valence-electron chi connectivity index (χ4n) is 4.89. The monoisotopic (exact) mass is 504 g/mol. The topological polar surface area (TPSA) is 94.2 Å². The third-order valence-corrected chi connectivity index (χ3v) is 6.71. The number of allylic oxidation sites excluding steroid dienone is 1. The predicted octanol–water partition coefficient (Wildman–Crippen LogP) is 4.72. The Balaban J connectivity index is 1.45. The molecule has 0 atom stereocenters. The van der Waals surface area contributed by atoms with E-state index in [4.69, 9.17) is 14.2 Å². The summed E-state index contributed by atoms with van der Waals surface area (Å²) in [6.45, 7) is 1.63. The van der Waals surface area contributed by atoms with E-state index in [0.29, 0.717) is 34.0 Å². The van der Waals surface area contributed by atoms with Crippen molar-refractivity contribution in [2.75, 3.05) is 26.1 Å². The Bertz CT molecular complexity index is 1230. The molecule has 8 nitrogen and oxygen atoms in total. The first-order valence-electron chi connectivity index (χ1n) is 12.4. The summed E-state index contributed by atoms with van der Waals surface area (Å²) in [6, 6.07) is 14.2. The van der Waals surface area contributed by atoms with E-state index >= 15 is 0 Å². The molecule has 1 heterocycles. The van der Waals surface area contributed by atoms with Gasteiger partial charge in [0.2, 0.25) is 0 Å². The molecule has 0 bridgehead atoms. The highest BCUT2D eigenvalue weighted by atomic mass is 16.5. The smallest absolute Gasteiger partial charge is 0.340 e. The third kappa shape index (κ3) is 5.85. The van der Waals surface area contributed by atoms with Crippen molar-refractivity contribution in [2.45, 2.75) is 45.1 Å². The van der Waals surface area contributed by atoms with Gasteiger partial charge in [0, 0.05) is 11.7 Å². The average Bonchev–Trinajstić information content (AvgIpc) is 3.17. The summed E-state index contributed by atoms with van der Waals surface area (Å²) in [5.74, 6) is 0.0547. The van der Waals surface area contributed by atoms with Crippen molar-refractivity contribution in [1.82, 2.24) is 4.90 Å². The Hall–Kier alpha value is -4.07. The number of benzene rings is 2. The van der Waals surface area contributed by atoms with Gasteiger partial charge in [-0.05, 0) is 55.7 Å². The summed E-state index contributed by atoms with van der Waals surface area (Å²) < 4.78 is 15.9. The van der Waals surface area contributed by atoms with Crippen molar-refractivity contribution in [2.24, 2.45) is 0 Å². The SMILES string of the molecule is COC(=O)C1=C(C)N(C2CCCCC2)C(=O)/C1=C\c1ccc(OCC(=O)Nc2ccccc2OC)cc1. The van der Waals surface area contributed by atoms with Gasteiger partial charge in [0.25, 0.3) is 11.8 Å². The van der Waals surface area contributed by atoms with Crippen LogP contribution in [0.4, 0.5) is 5.69 Å². The number of amides is 2. The molecule has 194 valence electrons. The van der Waals surface area contributed by atoms with Gasteiger partial charge in [-0.1, -0.05) is 43.5 Å². The molecule has 1 N–H and O–H groups in total. The van der Waals surface area contributed by atoms with Crippen LogP contribution >= 0.6 is 0 Å². The van der Waals surface area contributed by atoms with Gasteiger partial charge in [-0.15, -0.1) is 0 Å². The van der Waals surface area contributed by atoms with Gasteiger partial charge >= 0.3 is 5.97 Å². The van der Waals surface area contributed by atoms with Crippen molar-refractivity contribution >= 4 is 29.5 Å². The summed E-state index contributed by atoms with van der Waals surface area (Å²) in [7, 11) is 2.86. The summed E-state index contributed by atoms with van der Waals surface area (Å²) in [6.07, 6.45) is 6.89. The van der Waals surface area contributed by atoms with Gasteiger partial charge in [-0.25, -0.2) is 4.79 Å². The van der Waals surface area contributed by atoms with Crippen molar-refractivity contribution in [3.05, 3.63) is 70.9 Å². The maximum absolute atomic E-state index is 13.4. The number of nitrogens with zero attached hydrogens (tertiary/aromatic N) is 1. The molecule has 0 spiro atoms. The van der Waals surface area contributed by atoms with E-state index in [-0.39, 0.29) is 24.5 Å². The van der Waals surface area contributed by atoms with Gasteiger partial charge in [-0.2, -0.15) is 0 Å². The fourth-order valence-corrected chi connectivity index (χ4v) is 4.89. The van der Waals surface area contributed by atoms with E-state index in [0.717, 1.165) is 31.2 Å². The maximum atomic E-state index is 13.4. The van der Waals surface area contributed by atoms with Crippen LogP contribution in [0, 0.1) is 0 Å². The third-order valence-electron chi connectivity index (χ3n) is 6.71. The normalized spacial score (nSPS) is 17.2. The van der Waals surface area contributed by atoms with Crippen LogP contribution in [0.15, 0.2) is 65.4 Å². The minimum Gasteiger partial charge on any atom is -0.495 e. The lowest BCUT2D eigenvalue weighted by atomic mass is 9.94. The Morgan fingerprint density at radius 3 is 2.41 bits per heavy atom. The first-order valence-corrected chi connectivity index (χ1v) is 12.4. The van der Waals surface area contributed by atoms with Crippen LogP contribution in [0.25, 0.3) is 6.08 Å². The largest absolute Gasteiger partial charge is 0.495 e. The van der Waals surface area contributed by atoms with Crippen LogP contribution in [0.5, 0.6) is 11.5 Å². The molecule has 2 aliphatic rings. The van der Waals surface area contributed by atoms with Gasteiger partial charge in [0.05, 0.1) is 31.1 Å². The number of esters is 1. The number of methoxy groups -OCH3 is 2. The molecule has 1 aliphatic heterocycles. The van der Waals surface area contributed by atoms with Gasteiger partial charge in [0.15, 0.2) is 6.61 Å². The molecular formula is C29H32N2O6. The first kappa shape index (κ1) is 26.0. The van der Waals surface area contributed by atoms with Crippen LogP contribution in [-0.2, 0) is 19.1 Å². The summed E-state index contributed by atoms with van der Waals surface area (Å²) in [5.41, 5.74) is 2.59. The van der Waals surface area contributed by atoms with Crippen LogP contribution in [0.1, 0.15) is 44.6 Å². The van der Waals surface area contributed by atoms with Crippen molar-refractivity contribution in [3.63, 3.8) is 0 Å². The molecule has 4 rings (SSSR count). The molecule has 37 heavy (non-hydrogen) atoms. The number of hydrogen-bond acceptors (Lipinski definition) is 6. The summed E-state index contributed by atoms with van der Waals surface area (Å²) in [4.78, 5) is 40.1. The molecule has 1 fully saturated rings. The molecule has 0 saturated heterocycles. The van der Waals surface area contributed by atoms with E-state index < -0.39 is 5.97 Å². The number of nitrogens with one attached hydrogen (secondary N) is 1. The van der Waals surface area contributed by atoms with Gasteiger partial charge in [0.1, 0.15) is 11.5 Å². The first-order chi connectivity index (χ1) is 17.9. The lowest BCUT2D eigenvalue weighted by Crippen LogP contribution is -2.37. The van der Waals surface area contributed by atoms with E-state index in [1.54, 1.807) is 53.4 Å². The number of ether oxygens (including phenoxy) is 3. The molecule has 2 amide bonds. The molecule has 0 unspecified atom stereocenters. The molecule has 0 aromatic heterocycles. The lowest BCUT2D eigenvalue weighted by Gasteiger charge is -2.32. The molecule has 1 saturated carbocycles. The quantitative estimate of drug-likeness (QED) is 0.413. The van der Waals surface area contributed by atoms with E-state index in [1.807, 2.05) is 13.0 Å². The zero-order valence-corrected chi connectivity index (χ0v) is 21.4. The zero-order chi connectivity index (χ0) is 26.4. The Morgan fingerprint density at radius 2 is 1.73 bits per heavy atom. The van der Waals surface area contributed by atoms with Crippen molar-refractivity contribution in [3.8, 4) is 11.5 Å². The van der Waals surface area contributed by atoms with Gasteiger partial charge < -0.3 is 24.4 Å². The average molecular weight is 505 g/mol. The molecule has 1 aliphatic carbocycles. The van der Waals surface area contributed by atoms with Gasteiger partial charge in [-0.3, -0.25) is 9.59 Å². The number of anilines is 1. The summed E-state index contributed by atoms with van der Waals surface area (Å²) in [5, 5.41) is 2.76. The number of carbonyl (C=O) groups is 3. The lowest BCUT2D eigenvalue weighted by molar-refractivity contribution is -0.136. The maximum Gasteiger partial charge on any atom is 0.340 e. The van der Waals surface area contributed by atoms with Crippen LogP contribution < -0.4 is 14.8 Å². The number of para-hydroxylation sites is 2. The fraction of sp³-hybridized carbons (Fsp3) is 0.345. The molecule has 2 aromatic rings.